The van der Waals surface area contributed by atoms with E-state index in [4.69, 9.17) is 40.2 Å². The molecule has 0 radical (unpaired) electrons. The predicted molar refractivity (Wildman–Crippen MR) is 264 cm³/mol. The van der Waals surface area contributed by atoms with Gasteiger partial charge in [0.1, 0.15) is 0 Å². The Bertz CT molecular complexity index is 1020. The Labute approximate surface area is 394 Å². The highest BCUT2D eigenvalue weighted by molar-refractivity contribution is 7.55. The minimum absolute atomic E-state index is 0.135. The molecule has 11 heteroatoms. The van der Waals surface area contributed by atoms with Crippen molar-refractivity contribution in [1.29, 1.82) is 0 Å². The predicted octanol–water partition coefficient (Wildman–Crippen LogP) is 18.2. The van der Waals surface area contributed by atoms with E-state index in [0.29, 0.717) is 19.3 Å². The van der Waals surface area contributed by atoms with Crippen LogP contribution < -0.4 is 0 Å². The van der Waals surface area contributed by atoms with E-state index in [-0.39, 0.29) is 19.8 Å². The van der Waals surface area contributed by atoms with E-state index >= 15 is 0 Å². The fourth-order valence-electron chi connectivity index (χ4n) is 7.82. The first-order chi connectivity index (χ1) is 30.8. The Balaban J connectivity index is 5.44. The van der Waals surface area contributed by atoms with Gasteiger partial charge in [-0.1, -0.05) is 264 Å². The zero-order valence-corrected chi connectivity index (χ0v) is 43.4. The Morgan fingerprint density at radius 1 is 0.413 bits per heavy atom. The first-order valence-corrected chi connectivity index (χ1v) is 29.1. The summed E-state index contributed by atoms with van der Waals surface area (Å²) < 4.78 is 36.8. The Hall–Kier alpha value is -0.700. The van der Waals surface area contributed by atoms with Gasteiger partial charge in [0.05, 0.1) is 26.2 Å². The van der Waals surface area contributed by atoms with Gasteiger partial charge in [-0.25, -0.2) is 9.78 Å². The van der Waals surface area contributed by atoms with E-state index in [1.165, 1.54) is 161 Å². The molecule has 0 aliphatic carbocycles. The molecule has 0 bridgehead atoms. The average molecular weight is 938 g/mol. The van der Waals surface area contributed by atoms with Gasteiger partial charge in [0.25, 0.3) is 0 Å². The molecule has 9 nitrogen and oxygen atoms in total. The van der Waals surface area contributed by atoms with Gasteiger partial charge in [0.15, 0.2) is 11.2 Å². The van der Waals surface area contributed by atoms with Crippen LogP contribution >= 0.6 is 19.2 Å². The number of esters is 2. The molecule has 0 amide bonds. The van der Waals surface area contributed by atoms with Gasteiger partial charge >= 0.3 is 19.5 Å². The zero-order chi connectivity index (χ0) is 46.2. The molecule has 0 aromatic rings. The van der Waals surface area contributed by atoms with Crippen molar-refractivity contribution < 1.29 is 42.8 Å². The van der Waals surface area contributed by atoms with Gasteiger partial charge < -0.3 is 9.47 Å². The van der Waals surface area contributed by atoms with Crippen LogP contribution in [0.25, 0.3) is 0 Å². The second-order valence-electron chi connectivity index (χ2n) is 18.3. The van der Waals surface area contributed by atoms with Crippen LogP contribution in [0.1, 0.15) is 291 Å². The van der Waals surface area contributed by atoms with Crippen molar-refractivity contribution in [1.82, 2.24) is 0 Å². The number of alkyl halides is 1. The van der Waals surface area contributed by atoms with E-state index in [2.05, 4.69) is 27.7 Å². The van der Waals surface area contributed by atoms with Gasteiger partial charge in [0, 0.05) is 0 Å². The van der Waals surface area contributed by atoms with E-state index in [1.807, 2.05) is 0 Å². The molecule has 0 fully saturated rings. The number of ether oxygens (including phenoxy) is 2. The van der Waals surface area contributed by atoms with Crippen molar-refractivity contribution in [3.8, 4) is 0 Å². The molecule has 0 heterocycles. The van der Waals surface area contributed by atoms with Crippen LogP contribution in [0.5, 0.6) is 0 Å². The average Bonchev–Trinajstić information content (AvgIpc) is 3.28. The van der Waals surface area contributed by atoms with Gasteiger partial charge in [-0.15, -0.1) is 9.35 Å². The second kappa shape index (κ2) is 49.2. The van der Waals surface area contributed by atoms with Gasteiger partial charge in [-0.2, -0.15) is 0 Å². The quantitative estimate of drug-likeness (QED) is 0.0147. The number of hydrogen-bond donors (Lipinski definition) is 0. The summed E-state index contributed by atoms with van der Waals surface area (Å²) in [5.74, 6) is -1.53. The summed E-state index contributed by atoms with van der Waals surface area (Å²) >= 11 is 6.53. The summed E-state index contributed by atoms with van der Waals surface area (Å²) in [5.41, 5.74) is -2.56. The third-order valence-corrected chi connectivity index (χ3v) is 14.1. The van der Waals surface area contributed by atoms with Gasteiger partial charge in [-0.05, 0) is 32.1 Å². The highest BCUT2D eigenvalue weighted by atomic mass is 35.5. The van der Waals surface area contributed by atoms with Crippen LogP contribution in [0, 0.1) is 0 Å². The van der Waals surface area contributed by atoms with Crippen molar-refractivity contribution in [2.24, 2.45) is 0 Å². The molecular formula is C52H102ClO9P. The minimum Gasteiger partial charge on any atom is -0.466 e. The van der Waals surface area contributed by atoms with Gasteiger partial charge in [0.2, 0.25) is 0 Å². The molecule has 376 valence electrons. The second-order valence-corrected chi connectivity index (χ2v) is 20.8. The monoisotopic (exact) mass is 937 g/mol. The van der Waals surface area contributed by atoms with Crippen molar-refractivity contribution >= 4 is 31.1 Å². The lowest BCUT2D eigenvalue weighted by Crippen LogP contribution is -2.30. The van der Waals surface area contributed by atoms with Crippen molar-refractivity contribution in [3.63, 3.8) is 0 Å². The third kappa shape index (κ3) is 42.4. The Kier molecular flexibility index (Phi) is 48.7. The van der Waals surface area contributed by atoms with Crippen LogP contribution in [-0.2, 0) is 42.8 Å². The first-order valence-electron chi connectivity index (χ1n) is 27.1. The number of hydrogen-bond acceptors (Lipinski definition) is 9. The third-order valence-electron chi connectivity index (χ3n) is 12.0. The fraction of sp³-hybridized carbons (Fsp3) is 0.962. The van der Waals surface area contributed by atoms with Crippen LogP contribution in [0.2, 0.25) is 0 Å². The van der Waals surface area contributed by atoms with Gasteiger partial charge in [-0.3, -0.25) is 14.2 Å². The molecular weight excluding hydrogens is 835 g/mol. The maximum Gasteiger partial charge on any atom is 0.398 e. The molecule has 0 aliphatic rings. The van der Waals surface area contributed by atoms with E-state index in [9.17, 15) is 14.2 Å². The van der Waals surface area contributed by atoms with E-state index in [0.717, 1.165) is 77.0 Å². The summed E-state index contributed by atoms with van der Waals surface area (Å²) in [6.07, 6.45) is 44.8. The topological polar surface area (TPSA) is 107 Å². The van der Waals surface area contributed by atoms with Crippen LogP contribution in [0.3, 0.4) is 0 Å². The summed E-state index contributed by atoms with van der Waals surface area (Å²) in [6.45, 7) is 9.43. The Morgan fingerprint density at radius 3 is 1.11 bits per heavy atom. The molecule has 3 unspecified atom stereocenters. The van der Waals surface area contributed by atoms with Crippen molar-refractivity contribution in [3.05, 3.63) is 0 Å². The molecule has 63 heavy (non-hydrogen) atoms. The smallest absolute Gasteiger partial charge is 0.398 e. The first kappa shape index (κ1) is 62.3. The number of carbonyl (C=O) groups excluding carboxylic acids is 2. The molecule has 0 spiro atoms. The molecule has 0 aromatic heterocycles. The number of unbranched alkanes of at least 4 members (excludes halogenated alkanes) is 35. The molecule has 0 N–H and O–H groups in total. The normalized spacial score (nSPS) is 13.5. The highest BCUT2D eigenvalue weighted by Crippen LogP contribution is 2.56. The van der Waals surface area contributed by atoms with Crippen molar-refractivity contribution in [2.75, 3.05) is 19.8 Å². The maximum atomic E-state index is 14.6. The Morgan fingerprint density at radius 2 is 0.730 bits per heavy atom. The summed E-state index contributed by atoms with van der Waals surface area (Å²) in [4.78, 5) is 38.0. The lowest BCUT2D eigenvalue weighted by atomic mass is 10.1. The fourth-order valence-corrected chi connectivity index (χ4v) is 9.45. The summed E-state index contributed by atoms with van der Waals surface area (Å²) in [6, 6.07) is 0. The lowest BCUT2D eigenvalue weighted by Gasteiger charge is -2.24. The summed E-state index contributed by atoms with van der Waals surface area (Å²) in [5, 5.41) is 0. The van der Waals surface area contributed by atoms with E-state index in [1.54, 1.807) is 0 Å². The zero-order valence-electron chi connectivity index (χ0n) is 41.8. The molecule has 0 saturated carbocycles. The van der Waals surface area contributed by atoms with Crippen molar-refractivity contribution in [2.45, 2.75) is 302 Å². The van der Waals surface area contributed by atoms with E-state index < -0.39 is 37.2 Å². The number of carbonyl (C=O) groups is 2. The molecule has 0 saturated heterocycles. The van der Waals surface area contributed by atoms with Crippen LogP contribution in [0.4, 0.5) is 0 Å². The van der Waals surface area contributed by atoms with Crippen LogP contribution in [-0.4, -0.2) is 43.0 Å². The number of halogens is 1. The minimum atomic E-state index is -4.59. The molecule has 0 aromatic carbocycles. The molecule has 3 atom stereocenters. The highest BCUT2D eigenvalue weighted by Gasteiger charge is 2.47. The molecule has 0 aliphatic heterocycles. The SMILES string of the molecule is CCCCCCCCCCCCOOP(=O)(OOC(Cl)CCCCCCCCCCC)C(CC(=O)OCCCCCCCCCCCC)C(=O)OCCCCCCCCCCCC. The summed E-state index contributed by atoms with van der Waals surface area (Å²) in [7, 11) is -4.59. The van der Waals surface area contributed by atoms with Crippen LogP contribution in [0.15, 0.2) is 0 Å². The standard InChI is InChI=1S/C52H102ClO9P/c1-5-9-13-17-21-25-29-33-37-41-45-57-51(54)48-49(52(55)58-46-42-38-34-30-26-22-18-14-10-6-2)63(56,61-59-47-43-39-35-31-27-23-19-15-11-7-3)62-60-50(53)44-40-36-32-28-24-20-16-12-8-4/h49-50H,5-48H2,1-4H3. The molecule has 0 rings (SSSR count). The largest absolute Gasteiger partial charge is 0.466 e. The lowest BCUT2D eigenvalue weighted by molar-refractivity contribution is -0.276. The number of rotatable bonds is 52. The maximum absolute atomic E-state index is 14.6.